The van der Waals surface area contributed by atoms with E-state index in [1.54, 1.807) is 12.1 Å². The van der Waals surface area contributed by atoms with Crippen molar-refractivity contribution in [1.29, 1.82) is 0 Å². The number of carbonyl (C=O) groups is 2. The van der Waals surface area contributed by atoms with Crippen molar-refractivity contribution in [2.75, 3.05) is 7.11 Å². The van der Waals surface area contributed by atoms with Crippen molar-refractivity contribution >= 4 is 17.6 Å². The van der Waals surface area contributed by atoms with Crippen LogP contribution in [0.15, 0.2) is 24.3 Å². The number of aromatic hydroxyl groups is 1. The SMILES string of the molecule is COc1ccc(C=CC(=O)CC(C)=O)c(O)c1. The molecule has 0 bridgehead atoms. The first-order valence-electron chi connectivity index (χ1n) is 5.10. The van der Waals surface area contributed by atoms with Crippen LogP contribution in [-0.2, 0) is 9.59 Å². The molecule has 1 N–H and O–H groups in total. The van der Waals surface area contributed by atoms with Gasteiger partial charge in [0.2, 0.25) is 0 Å². The lowest BCUT2D eigenvalue weighted by atomic mass is 10.1. The Bertz CT molecular complexity index is 460. The van der Waals surface area contributed by atoms with E-state index in [-0.39, 0.29) is 23.7 Å². The summed E-state index contributed by atoms with van der Waals surface area (Å²) in [5.74, 6) is 0.0947. The Balaban J connectivity index is 2.78. The lowest BCUT2D eigenvalue weighted by Crippen LogP contribution is -1.99. The predicted molar refractivity (Wildman–Crippen MR) is 64.0 cm³/mol. The number of rotatable bonds is 5. The third-order valence-electron chi connectivity index (χ3n) is 2.11. The van der Waals surface area contributed by atoms with Gasteiger partial charge in [0.05, 0.1) is 13.5 Å². The summed E-state index contributed by atoms with van der Waals surface area (Å²) in [6.07, 6.45) is 2.64. The largest absolute Gasteiger partial charge is 0.507 e. The van der Waals surface area contributed by atoms with E-state index in [0.717, 1.165) is 0 Å². The smallest absolute Gasteiger partial charge is 0.163 e. The van der Waals surface area contributed by atoms with Crippen LogP contribution in [0.1, 0.15) is 18.9 Å². The van der Waals surface area contributed by atoms with Crippen LogP contribution < -0.4 is 4.74 Å². The summed E-state index contributed by atoms with van der Waals surface area (Å²) >= 11 is 0. The Labute approximate surface area is 99.5 Å². The average Bonchev–Trinajstić information content (AvgIpc) is 2.26. The molecule has 1 rings (SSSR count). The Kier molecular flexibility index (Phi) is 4.46. The van der Waals surface area contributed by atoms with Gasteiger partial charge < -0.3 is 9.84 Å². The Morgan fingerprint density at radius 2 is 2.12 bits per heavy atom. The van der Waals surface area contributed by atoms with Gasteiger partial charge in [0, 0.05) is 11.6 Å². The van der Waals surface area contributed by atoms with Gasteiger partial charge in [-0.05, 0) is 31.2 Å². The number of ether oxygens (including phenoxy) is 1. The molecule has 0 fully saturated rings. The van der Waals surface area contributed by atoms with Gasteiger partial charge in [-0.15, -0.1) is 0 Å². The molecule has 0 spiro atoms. The maximum absolute atomic E-state index is 11.2. The molecule has 1 aromatic carbocycles. The zero-order chi connectivity index (χ0) is 12.8. The van der Waals surface area contributed by atoms with Gasteiger partial charge in [-0.3, -0.25) is 9.59 Å². The fourth-order valence-electron chi connectivity index (χ4n) is 1.28. The lowest BCUT2D eigenvalue weighted by Gasteiger charge is -2.02. The first-order valence-corrected chi connectivity index (χ1v) is 5.10. The van der Waals surface area contributed by atoms with Crippen LogP contribution in [0, 0.1) is 0 Å². The topological polar surface area (TPSA) is 63.6 Å². The number of methoxy groups -OCH3 is 1. The molecule has 0 aromatic heterocycles. The standard InChI is InChI=1S/C13H14O4/c1-9(14)7-11(15)5-3-10-4-6-12(17-2)8-13(10)16/h3-6,8,16H,7H2,1-2H3. The van der Waals surface area contributed by atoms with Crippen molar-refractivity contribution in [2.45, 2.75) is 13.3 Å². The van der Waals surface area contributed by atoms with E-state index in [1.165, 1.54) is 32.3 Å². The number of ketones is 2. The summed E-state index contributed by atoms with van der Waals surface area (Å²) in [6.45, 7) is 1.36. The van der Waals surface area contributed by atoms with Crippen LogP contribution in [0.5, 0.6) is 11.5 Å². The van der Waals surface area contributed by atoms with Crippen LogP contribution in [0.3, 0.4) is 0 Å². The molecule has 0 aliphatic carbocycles. The van der Waals surface area contributed by atoms with Crippen LogP contribution in [0.2, 0.25) is 0 Å². The molecular formula is C13H14O4. The van der Waals surface area contributed by atoms with Crippen LogP contribution in [0.25, 0.3) is 6.08 Å². The van der Waals surface area contributed by atoms with Gasteiger partial charge in [-0.1, -0.05) is 0 Å². The van der Waals surface area contributed by atoms with Crippen molar-refractivity contribution in [3.63, 3.8) is 0 Å². The second-order valence-corrected chi connectivity index (χ2v) is 3.60. The lowest BCUT2D eigenvalue weighted by molar-refractivity contribution is -0.123. The predicted octanol–water partition coefficient (Wildman–Crippen LogP) is 1.96. The summed E-state index contributed by atoms with van der Waals surface area (Å²) in [4.78, 5) is 21.9. The van der Waals surface area contributed by atoms with E-state index in [0.29, 0.717) is 11.3 Å². The zero-order valence-corrected chi connectivity index (χ0v) is 9.77. The number of carbonyl (C=O) groups excluding carboxylic acids is 2. The van der Waals surface area contributed by atoms with Crippen molar-refractivity contribution in [2.24, 2.45) is 0 Å². The van der Waals surface area contributed by atoms with Crippen molar-refractivity contribution in [3.8, 4) is 11.5 Å². The fraction of sp³-hybridized carbons (Fsp3) is 0.231. The average molecular weight is 234 g/mol. The summed E-state index contributed by atoms with van der Waals surface area (Å²) in [5, 5.41) is 9.61. The van der Waals surface area contributed by atoms with E-state index in [9.17, 15) is 14.7 Å². The number of phenols is 1. The molecule has 17 heavy (non-hydrogen) atoms. The number of phenolic OH excluding ortho intramolecular Hbond substituents is 1. The summed E-state index contributed by atoms with van der Waals surface area (Å²) in [5.41, 5.74) is 0.503. The molecular weight excluding hydrogens is 220 g/mol. The number of benzene rings is 1. The summed E-state index contributed by atoms with van der Waals surface area (Å²) in [7, 11) is 1.50. The molecule has 1 aromatic rings. The van der Waals surface area contributed by atoms with Gasteiger partial charge in [0.1, 0.15) is 17.3 Å². The van der Waals surface area contributed by atoms with Crippen LogP contribution >= 0.6 is 0 Å². The van der Waals surface area contributed by atoms with Gasteiger partial charge in [-0.25, -0.2) is 0 Å². The normalized spacial score (nSPS) is 10.5. The third kappa shape index (κ3) is 4.10. The monoisotopic (exact) mass is 234 g/mol. The Morgan fingerprint density at radius 1 is 1.41 bits per heavy atom. The molecule has 0 radical (unpaired) electrons. The second kappa shape index (κ2) is 5.84. The van der Waals surface area contributed by atoms with Gasteiger partial charge in [-0.2, -0.15) is 0 Å². The Hall–Kier alpha value is -2.10. The minimum Gasteiger partial charge on any atom is -0.507 e. The Morgan fingerprint density at radius 3 is 2.65 bits per heavy atom. The van der Waals surface area contributed by atoms with Gasteiger partial charge >= 0.3 is 0 Å². The molecule has 4 heteroatoms. The first-order chi connectivity index (χ1) is 8.02. The van der Waals surface area contributed by atoms with Crippen molar-refractivity contribution in [3.05, 3.63) is 29.8 Å². The number of Topliss-reactive ketones (excluding diaryl/α,β-unsaturated/α-hetero) is 1. The second-order valence-electron chi connectivity index (χ2n) is 3.60. The molecule has 90 valence electrons. The molecule has 0 heterocycles. The number of allylic oxidation sites excluding steroid dienone is 1. The van der Waals surface area contributed by atoms with E-state index < -0.39 is 0 Å². The molecule has 0 atom stereocenters. The summed E-state index contributed by atoms with van der Waals surface area (Å²) in [6, 6.07) is 4.76. The third-order valence-corrected chi connectivity index (χ3v) is 2.11. The van der Waals surface area contributed by atoms with Crippen LogP contribution in [0.4, 0.5) is 0 Å². The van der Waals surface area contributed by atoms with E-state index in [1.807, 2.05) is 0 Å². The minimum atomic E-state index is -0.285. The zero-order valence-electron chi connectivity index (χ0n) is 9.77. The van der Waals surface area contributed by atoms with Gasteiger partial charge in [0.25, 0.3) is 0 Å². The first kappa shape index (κ1) is 13.0. The molecule has 0 saturated carbocycles. The molecule has 0 saturated heterocycles. The van der Waals surface area contributed by atoms with E-state index in [2.05, 4.69) is 0 Å². The quantitative estimate of drug-likeness (QED) is 0.625. The van der Waals surface area contributed by atoms with E-state index >= 15 is 0 Å². The summed E-state index contributed by atoms with van der Waals surface area (Å²) < 4.78 is 4.93. The highest BCUT2D eigenvalue weighted by Crippen LogP contribution is 2.24. The maximum Gasteiger partial charge on any atom is 0.163 e. The highest BCUT2D eigenvalue weighted by molar-refractivity contribution is 6.05. The van der Waals surface area contributed by atoms with E-state index in [4.69, 9.17) is 4.74 Å². The molecule has 0 amide bonds. The molecule has 0 aliphatic heterocycles. The van der Waals surface area contributed by atoms with Crippen molar-refractivity contribution < 1.29 is 19.4 Å². The molecule has 0 aliphatic rings. The number of hydrogen-bond donors (Lipinski definition) is 1. The minimum absolute atomic E-state index is 0.0243. The van der Waals surface area contributed by atoms with Crippen molar-refractivity contribution in [1.82, 2.24) is 0 Å². The maximum atomic E-state index is 11.2. The molecule has 4 nitrogen and oxygen atoms in total. The van der Waals surface area contributed by atoms with Crippen LogP contribution in [-0.4, -0.2) is 23.8 Å². The molecule has 0 unspecified atom stereocenters. The highest BCUT2D eigenvalue weighted by Gasteiger charge is 2.03. The van der Waals surface area contributed by atoms with Gasteiger partial charge in [0.15, 0.2) is 5.78 Å². The number of hydrogen-bond acceptors (Lipinski definition) is 4. The fourth-order valence-corrected chi connectivity index (χ4v) is 1.28. The highest BCUT2D eigenvalue weighted by atomic mass is 16.5.